The summed E-state index contributed by atoms with van der Waals surface area (Å²) in [6, 6.07) is 5.89. The molecule has 0 aliphatic carbocycles. The molecule has 1 amide bonds. The number of hydrogen-bond donors (Lipinski definition) is 2. The van der Waals surface area contributed by atoms with Gasteiger partial charge in [0.15, 0.2) is 0 Å². The highest BCUT2D eigenvalue weighted by atomic mass is 35.5. The second kappa shape index (κ2) is 7.58. The summed E-state index contributed by atoms with van der Waals surface area (Å²) in [6.07, 6.45) is 1.37. The SMILES string of the molecule is COC1(C(=O)Nc2ccc3nc(C(C)(C)C)sc3c2)CCNCC1.Cl. The van der Waals surface area contributed by atoms with E-state index in [1.807, 2.05) is 18.2 Å². The van der Waals surface area contributed by atoms with E-state index in [4.69, 9.17) is 9.72 Å². The number of thiazole rings is 1. The van der Waals surface area contributed by atoms with Crippen molar-refractivity contribution in [3.05, 3.63) is 23.2 Å². The number of nitrogens with one attached hydrogen (secondary N) is 2. The molecule has 25 heavy (non-hydrogen) atoms. The second-order valence-corrected chi connectivity index (χ2v) is 8.38. The van der Waals surface area contributed by atoms with Crippen LogP contribution in [0.5, 0.6) is 0 Å². The topological polar surface area (TPSA) is 63.2 Å². The normalized spacial score (nSPS) is 17.1. The zero-order chi connectivity index (χ0) is 17.4. The van der Waals surface area contributed by atoms with E-state index < -0.39 is 5.60 Å². The number of methoxy groups -OCH3 is 1. The third-order valence-corrected chi connectivity index (χ3v) is 5.95. The van der Waals surface area contributed by atoms with Crippen LogP contribution in [-0.4, -0.2) is 36.7 Å². The van der Waals surface area contributed by atoms with Gasteiger partial charge < -0.3 is 15.4 Å². The molecule has 138 valence electrons. The lowest BCUT2D eigenvalue weighted by molar-refractivity contribution is -0.140. The molecule has 0 saturated carbocycles. The van der Waals surface area contributed by atoms with Crippen molar-refractivity contribution < 1.29 is 9.53 Å². The number of anilines is 1. The maximum atomic E-state index is 12.7. The first-order valence-electron chi connectivity index (χ1n) is 8.32. The van der Waals surface area contributed by atoms with Gasteiger partial charge in [-0.05, 0) is 44.1 Å². The number of ether oxygens (including phenoxy) is 1. The van der Waals surface area contributed by atoms with Gasteiger partial charge in [-0.2, -0.15) is 0 Å². The fraction of sp³-hybridized carbons (Fsp3) is 0.556. The van der Waals surface area contributed by atoms with Gasteiger partial charge in [-0.25, -0.2) is 4.98 Å². The van der Waals surface area contributed by atoms with Gasteiger partial charge in [0.1, 0.15) is 5.60 Å². The first-order chi connectivity index (χ1) is 11.3. The second-order valence-electron chi connectivity index (χ2n) is 7.35. The van der Waals surface area contributed by atoms with Gasteiger partial charge in [0.25, 0.3) is 5.91 Å². The fourth-order valence-corrected chi connectivity index (χ4v) is 3.99. The Kier molecular flexibility index (Phi) is 6.09. The van der Waals surface area contributed by atoms with Gasteiger partial charge in [-0.1, -0.05) is 20.8 Å². The Labute approximate surface area is 159 Å². The molecule has 0 unspecified atom stereocenters. The minimum Gasteiger partial charge on any atom is -0.368 e. The van der Waals surface area contributed by atoms with E-state index in [0.717, 1.165) is 34.0 Å². The van der Waals surface area contributed by atoms with Crippen LogP contribution >= 0.6 is 23.7 Å². The monoisotopic (exact) mass is 383 g/mol. The van der Waals surface area contributed by atoms with E-state index in [9.17, 15) is 4.79 Å². The molecule has 1 fully saturated rings. The summed E-state index contributed by atoms with van der Waals surface area (Å²) in [5.74, 6) is -0.0635. The van der Waals surface area contributed by atoms with Crippen LogP contribution in [-0.2, 0) is 14.9 Å². The Morgan fingerprint density at radius 2 is 2.00 bits per heavy atom. The molecule has 0 radical (unpaired) electrons. The number of halogens is 1. The summed E-state index contributed by atoms with van der Waals surface area (Å²) in [7, 11) is 1.62. The van der Waals surface area contributed by atoms with Gasteiger partial charge >= 0.3 is 0 Å². The quantitative estimate of drug-likeness (QED) is 0.847. The van der Waals surface area contributed by atoms with Crippen molar-refractivity contribution in [1.29, 1.82) is 0 Å². The first kappa shape index (κ1) is 20.1. The Morgan fingerprint density at radius 3 is 2.60 bits per heavy atom. The number of piperidine rings is 1. The molecule has 2 heterocycles. The number of benzene rings is 1. The van der Waals surface area contributed by atoms with Crippen LogP contribution in [0.4, 0.5) is 5.69 Å². The molecule has 7 heteroatoms. The third-order valence-electron chi connectivity index (χ3n) is 4.50. The maximum absolute atomic E-state index is 12.7. The van der Waals surface area contributed by atoms with E-state index >= 15 is 0 Å². The summed E-state index contributed by atoms with van der Waals surface area (Å²) in [6.45, 7) is 8.07. The summed E-state index contributed by atoms with van der Waals surface area (Å²) < 4.78 is 6.68. The van der Waals surface area contributed by atoms with E-state index in [1.165, 1.54) is 0 Å². The van der Waals surface area contributed by atoms with Crippen molar-refractivity contribution in [2.24, 2.45) is 0 Å². The average molecular weight is 384 g/mol. The molecule has 1 aliphatic rings. The van der Waals surface area contributed by atoms with Crippen LogP contribution < -0.4 is 10.6 Å². The summed E-state index contributed by atoms with van der Waals surface area (Å²) in [5.41, 5.74) is 1.07. The summed E-state index contributed by atoms with van der Waals surface area (Å²) in [5, 5.41) is 7.40. The largest absolute Gasteiger partial charge is 0.368 e. The molecule has 0 spiro atoms. The van der Waals surface area contributed by atoms with Crippen LogP contribution in [0, 0.1) is 0 Å². The standard InChI is InChI=1S/C18H25N3O2S.ClH/c1-17(2,3)16-21-13-6-5-12(11-14(13)24-16)20-15(22)18(23-4)7-9-19-10-8-18;/h5-6,11,19H,7-10H2,1-4H3,(H,20,22);1H. The van der Waals surface area contributed by atoms with Gasteiger partial charge in [0, 0.05) is 18.2 Å². The van der Waals surface area contributed by atoms with Crippen molar-refractivity contribution in [3.63, 3.8) is 0 Å². The van der Waals surface area contributed by atoms with Crippen molar-refractivity contribution >= 4 is 45.6 Å². The Morgan fingerprint density at radius 1 is 1.32 bits per heavy atom. The van der Waals surface area contributed by atoms with Crippen LogP contribution in [0.1, 0.15) is 38.6 Å². The molecule has 1 saturated heterocycles. The van der Waals surface area contributed by atoms with Gasteiger partial charge in [0.2, 0.25) is 0 Å². The predicted octanol–water partition coefficient (Wildman–Crippen LogP) is 3.72. The molecule has 1 aromatic carbocycles. The number of fused-ring (bicyclic) bond motifs is 1. The Hall–Kier alpha value is -1.21. The van der Waals surface area contributed by atoms with Crippen molar-refractivity contribution in [2.75, 3.05) is 25.5 Å². The molecule has 0 atom stereocenters. The van der Waals surface area contributed by atoms with Crippen molar-refractivity contribution in [3.8, 4) is 0 Å². The highest BCUT2D eigenvalue weighted by molar-refractivity contribution is 7.18. The zero-order valence-corrected chi connectivity index (χ0v) is 16.8. The third kappa shape index (κ3) is 4.14. The molecule has 5 nitrogen and oxygen atoms in total. The van der Waals surface area contributed by atoms with Crippen molar-refractivity contribution in [2.45, 2.75) is 44.6 Å². The molecular weight excluding hydrogens is 358 g/mol. The lowest BCUT2D eigenvalue weighted by Crippen LogP contribution is -2.51. The van der Waals surface area contributed by atoms with Gasteiger partial charge in [-0.3, -0.25) is 4.79 Å². The van der Waals surface area contributed by atoms with Crippen LogP contribution in [0.2, 0.25) is 0 Å². The number of nitrogens with zero attached hydrogens (tertiary/aromatic N) is 1. The average Bonchev–Trinajstić information content (AvgIpc) is 2.99. The highest BCUT2D eigenvalue weighted by Crippen LogP contribution is 2.33. The maximum Gasteiger partial charge on any atom is 0.256 e. The molecule has 0 bridgehead atoms. The first-order valence-corrected chi connectivity index (χ1v) is 9.14. The Bertz CT molecular complexity index is 748. The van der Waals surface area contributed by atoms with Crippen LogP contribution in [0.25, 0.3) is 10.2 Å². The number of amides is 1. The van der Waals surface area contributed by atoms with E-state index in [1.54, 1.807) is 18.4 Å². The van der Waals surface area contributed by atoms with E-state index in [2.05, 4.69) is 31.4 Å². The van der Waals surface area contributed by atoms with Crippen LogP contribution in [0.15, 0.2) is 18.2 Å². The molecule has 3 rings (SSSR count). The number of rotatable bonds is 3. The number of aromatic nitrogens is 1. The van der Waals surface area contributed by atoms with Gasteiger partial charge in [0.05, 0.1) is 15.2 Å². The zero-order valence-electron chi connectivity index (χ0n) is 15.1. The number of carbonyl (C=O) groups excluding carboxylic acids is 1. The minimum atomic E-state index is -0.732. The van der Waals surface area contributed by atoms with E-state index in [-0.39, 0.29) is 23.7 Å². The Balaban J connectivity index is 0.00000225. The van der Waals surface area contributed by atoms with Crippen LogP contribution in [0.3, 0.4) is 0 Å². The molecule has 2 aromatic rings. The van der Waals surface area contributed by atoms with E-state index in [0.29, 0.717) is 12.8 Å². The molecule has 1 aliphatic heterocycles. The number of hydrogen-bond acceptors (Lipinski definition) is 5. The van der Waals surface area contributed by atoms with Gasteiger partial charge in [-0.15, -0.1) is 23.7 Å². The predicted molar refractivity (Wildman–Crippen MR) is 106 cm³/mol. The van der Waals surface area contributed by atoms with Crippen molar-refractivity contribution in [1.82, 2.24) is 10.3 Å². The molecule has 1 aromatic heterocycles. The lowest BCUT2D eigenvalue weighted by Gasteiger charge is -2.34. The summed E-state index contributed by atoms with van der Waals surface area (Å²) >= 11 is 1.68. The number of carbonyl (C=O) groups is 1. The minimum absolute atomic E-state index is 0. The smallest absolute Gasteiger partial charge is 0.256 e. The fourth-order valence-electron chi connectivity index (χ4n) is 2.92. The molecule has 2 N–H and O–H groups in total. The summed E-state index contributed by atoms with van der Waals surface area (Å²) in [4.78, 5) is 17.4. The molecular formula is C18H26ClN3O2S. The highest BCUT2D eigenvalue weighted by Gasteiger charge is 2.39. The lowest BCUT2D eigenvalue weighted by atomic mass is 9.91.